The monoisotopic (exact) mass is 214 g/mol. The molecule has 0 saturated heterocycles. The molecule has 0 spiro atoms. The Kier molecular flexibility index (Phi) is 4.09. The summed E-state index contributed by atoms with van der Waals surface area (Å²) in [6.45, 7) is 3.67. The maximum Gasteiger partial charge on any atom is 0.0628 e. The van der Waals surface area contributed by atoms with Gasteiger partial charge in [0.1, 0.15) is 0 Å². The lowest BCUT2D eigenvalue weighted by atomic mass is 10.0. The molecular formula is C10H18N2OS. The number of hydrogen-bond donors (Lipinski definition) is 1. The Bertz CT molecular complexity index is 255. The van der Waals surface area contributed by atoms with Gasteiger partial charge in [0.25, 0.3) is 0 Å². The van der Waals surface area contributed by atoms with Crippen molar-refractivity contribution >= 4 is 10.8 Å². The second-order valence-corrected chi connectivity index (χ2v) is 6.08. The molecule has 4 heteroatoms. The van der Waals surface area contributed by atoms with Crippen molar-refractivity contribution in [3.63, 3.8) is 0 Å². The Morgan fingerprint density at radius 3 is 2.71 bits per heavy atom. The summed E-state index contributed by atoms with van der Waals surface area (Å²) in [6, 6.07) is 2.23. The maximum absolute atomic E-state index is 11.1. The minimum atomic E-state index is -0.749. The highest BCUT2D eigenvalue weighted by Gasteiger charge is 2.41. The molecule has 1 N–H and O–H groups in total. The van der Waals surface area contributed by atoms with Crippen LogP contribution in [0.4, 0.5) is 0 Å². The second-order valence-electron chi connectivity index (χ2n) is 4.28. The molecule has 0 radical (unpaired) electrons. The molecule has 1 aliphatic carbocycles. The predicted molar refractivity (Wildman–Crippen MR) is 58.3 cm³/mol. The summed E-state index contributed by atoms with van der Waals surface area (Å²) in [6.07, 6.45) is 4.71. The Morgan fingerprint density at radius 1 is 1.64 bits per heavy atom. The third-order valence-electron chi connectivity index (χ3n) is 2.91. The zero-order valence-corrected chi connectivity index (χ0v) is 9.69. The molecule has 1 aliphatic rings. The molecule has 1 fully saturated rings. The van der Waals surface area contributed by atoms with E-state index in [1.54, 1.807) is 6.26 Å². The molecular weight excluding hydrogens is 196 g/mol. The lowest BCUT2D eigenvalue weighted by Gasteiger charge is -2.14. The highest BCUT2D eigenvalue weighted by atomic mass is 32.2. The summed E-state index contributed by atoms with van der Waals surface area (Å²) in [5.74, 6) is 0. The smallest absolute Gasteiger partial charge is 0.0628 e. The van der Waals surface area contributed by atoms with Crippen molar-refractivity contribution in [3.8, 4) is 6.07 Å². The number of nitriles is 1. The molecule has 0 aromatic rings. The number of rotatable bonds is 6. The van der Waals surface area contributed by atoms with Crippen molar-refractivity contribution in [2.75, 3.05) is 19.3 Å². The molecule has 0 aromatic heterocycles. The summed E-state index contributed by atoms with van der Waals surface area (Å²) >= 11 is 0. The van der Waals surface area contributed by atoms with Crippen LogP contribution in [0.25, 0.3) is 0 Å². The zero-order chi connectivity index (χ0) is 10.6. The lowest BCUT2D eigenvalue weighted by Crippen LogP contribution is -2.32. The summed E-state index contributed by atoms with van der Waals surface area (Å²) in [5, 5.41) is 12.1. The van der Waals surface area contributed by atoms with Gasteiger partial charge in [-0.1, -0.05) is 0 Å². The van der Waals surface area contributed by atoms with E-state index >= 15 is 0 Å². The van der Waals surface area contributed by atoms with Crippen LogP contribution in [0.1, 0.15) is 26.2 Å². The molecule has 1 rings (SSSR count). The normalized spacial score (nSPS) is 22.4. The molecule has 14 heavy (non-hydrogen) atoms. The fourth-order valence-electron chi connectivity index (χ4n) is 1.42. The van der Waals surface area contributed by atoms with E-state index in [0.717, 1.165) is 25.9 Å². The molecule has 0 aliphatic heterocycles. The zero-order valence-electron chi connectivity index (χ0n) is 8.88. The highest BCUT2D eigenvalue weighted by molar-refractivity contribution is 7.84. The van der Waals surface area contributed by atoms with Crippen LogP contribution >= 0.6 is 0 Å². The lowest BCUT2D eigenvalue weighted by molar-refractivity contribution is 0.468. The number of hydrogen-bond acceptors (Lipinski definition) is 3. The minimum Gasteiger partial charge on any atom is -0.315 e. The van der Waals surface area contributed by atoms with Crippen molar-refractivity contribution in [2.45, 2.75) is 31.4 Å². The topological polar surface area (TPSA) is 52.9 Å². The van der Waals surface area contributed by atoms with E-state index < -0.39 is 10.8 Å². The van der Waals surface area contributed by atoms with E-state index in [1.807, 2.05) is 6.92 Å². The summed E-state index contributed by atoms with van der Waals surface area (Å²) < 4.78 is 11.1. The van der Waals surface area contributed by atoms with Gasteiger partial charge in [-0.15, -0.1) is 0 Å². The van der Waals surface area contributed by atoms with Gasteiger partial charge in [-0.2, -0.15) is 5.26 Å². The van der Waals surface area contributed by atoms with E-state index in [1.165, 1.54) is 0 Å². The Morgan fingerprint density at radius 2 is 2.29 bits per heavy atom. The Balaban J connectivity index is 2.16. The van der Waals surface area contributed by atoms with E-state index in [2.05, 4.69) is 11.4 Å². The van der Waals surface area contributed by atoms with Crippen molar-refractivity contribution in [2.24, 2.45) is 5.41 Å². The van der Waals surface area contributed by atoms with Gasteiger partial charge in [0, 0.05) is 41.8 Å². The average Bonchev–Trinajstić information content (AvgIpc) is 2.85. The minimum absolute atomic E-state index is 0.202. The average molecular weight is 214 g/mol. The van der Waals surface area contributed by atoms with Gasteiger partial charge < -0.3 is 5.32 Å². The van der Waals surface area contributed by atoms with Gasteiger partial charge in [0.15, 0.2) is 0 Å². The summed E-state index contributed by atoms with van der Waals surface area (Å²) in [4.78, 5) is 0. The molecule has 0 amide bonds. The first kappa shape index (κ1) is 11.7. The molecule has 0 heterocycles. The fourth-order valence-corrected chi connectivity index (χ4v) is 1.77. The maximum atomic E-state index is 11.1. The van der Waals surface area contributed by atoms with Crippen LogP contribution < -0.4 is 5.32 Å². The van der Waals surface area contributed by atoms with Crippen LogP contribution in [0.15, 0.2) is 0 Å². The Hall–Kier alpha value is -0.400. The Labute approximate surface area is 88.3 Å². The van der Waals surface area contributed by atoms with E-state index in [-0.39, 0.29) is 10.7 Å². The number of nitrogens with one attached hydrogen (secondary N) is 1. The molecule has 80 valence electrons. The van der Waals surface area contributed by atoms with Gasteiger partial charge in [0.2, 0.25) is 0 Å². The van der Waals surface area contributed by atoms with Crippen molar-refractivity contribution in [3.05, 3.63) is 0 Å². The SMILES string of the molecule is CC(CNCC1(CC#N)CC1)S(C)=O. The largest absolute Gasteiger partial charge is 0.315 e. The highest BCUT2D eigenvalue weighted by Crippen LogP contribution is 2.47. The third kappa shape index (κ3) is 3.39. The third-order valence-corrected chi connectivity index (χ3v) is 4.21. The van der Waals surface area contributed by atoms with Gasteiger partial charge in [-0.05, 0) is 25.2 Å². The summed E-state index contributed by atoms with van der Waals surface area (Å²) in [7, 11) is -0.749. The van der Waals surface area contributed by atoms with E-state index in [0.29, 0.717) is 6.42 Å². The molecule has 0 bridgehead atoms. The molecule has 3 nitrogen and oxygen atoms in total. The first-order chi connectivity index (χ1) is 6.59. The predicted octanol–water partition coefficient (Wildman–Crippen LogP) is 1.04. The van der Waals surface area contributed by atoms with E-state index in [9.17, 15) is 4.21 Å². The fraction of sp³-hybridized carbons (Fsp3) is 0.900. The van der Waals surface area contributed by atoms with Crippen LogP contribution in [0, 0.1) is 16.7 Å². The second kappa shape index (κ2) is 4.90. The molecule has 0 aromatic carbocycles. The molecule has 1 saturated carbocycles. The van der Waals surface area contributed by atoms with Crippen molar-refractivity contribution < 1.29 is 4.21 Å². The van der Waals surface area contributed by atoms with Crippen LogP contribution in [0.2, 0.25) is 0 Å². The van der Waals surface area contributed by atoms with Crippen LogP contribution in [-0.2, 0) is 10.8 Å². The molecule has 2 atom stereocenters. The van der Waals surface area contributed by atoms with Crippen LogP contribution in [-0.4, -0.2) is 28.8 Å². The van der Waals surface area contributed by atoms with Gasteiger partial charge in [-0.25, -0.2) is 0 Å². The molecule has 2 unspecified atom stereocenters. The summed E-state index contributed by atoms with van der Waals surface area (Å²) in [5.41, 5.74) is 0.254. The van der Waals surface area contributed by atoms with Crippen LogP contribution in [0.5, 0.6) is 0 Å². The van der Waals surface area contributed by atoms with E-state index in [4.69, 9.17) is 5.26 Å². The quantitative estimate of drug-likeness (QED) is 0.718. The van der Waals surface area contributed by atoms with Crippen molar-refractivity contribution in [1.29, 1.82) is 5.26 Å². The van der Waals surface area contributed by atoms with Gasteiger partial charge in [0.05, 0.1) is 6.07 Å². The van der Waals surface area contributed by atoms with Gasteiger partial charge >= 0.3 is 0 Å². The van der Waals surface area contributed by atoms with Crippen LogP contribution in [0.3, 0.4) is 0 Å². The number of nitrogens with zero attached hydrogens (tertiary/aromatic N) is 1. The first-order valence-electron chi connectivity index (χ1n) is 4.99. The first-order valence-corrected chi connectivity index (χ1v) is 6.62. The van der Waals surface area contributed by atoms with Crippen molar-refractivity contribution in [1.82, 2.24) is 5.32 Å². The van der Waals surface area contributed by atoms with Gasteiger partial charge in [-0.3, -0.25) is 4.21 Å². The standard InChI is InChI=1S/C10H18N2OS/c1-9(14(2)13)7-12-8-10(3-4-10)5-6-11/h9,12H,3-5,7-8H2,1-2H3.